The molecule has 1 N–H and O–H groups in total. The Morgan fingerprint density at radius 2 is 2.33 bits per heavy atom. The van der Waals surface area contributed by atoms with E-state index in [1.807, 2.05) is 0 Å². The molecule has 68 valence electrons. The Bertz CT molecular complexity index is 200. The van der Waals surface area contributed by atoms with E-state index in [0.717, 1.165) is 25.8 Å². The van der Waals surface area contributed by atoms with Crippen molar-refractivity contribution in [3.8, 4) is 0 Å². The second-order valence-electron chi connectivity index (χ2n) is 4.34. The maximum absolute atomic E-state index is 11.7. The molecule has 2 nitrogen and oxygen atoms in total. The van der Waals surface area contributed by atoms with Crippen molar-refractivity contribution in [3.05, 3.63) is 0 Å². The Labute approximate surface area is 73.7 Å². The zero-order valence-corrected chi connectivity index (χ0v) is 7.73. The highest BCUT2D eigenvalue weighted by Gasteiger charge is 2.44. The second kappa shape index (κ2) is 2.84. The Morgan fingerprint density at radius 3 is 3.08 bits per heavy atom. The zero-order chi connectivity index (χ0) is 8.60. The molecule has 12 heavy (non-hydrogen) atoms. The summed E-state index contributed by atoms with van der Waals surface area (Å²) >= 11 is 0. The monoisotopic (exact) mass is 167 g/mol. The fourth-order valence-corrected chi connectivity index (χ4v) is 2.64. The third-order valence-corrected chi connectivity index (χ3v) is 3.57. The van der Waals surface area contributed by atoms with Gasteiger partial charge in [0.15, 0.2) is 0 Å². The van der Waals surface area contributed by atoms with Crippen molar-refractivity contribution in [1.82, 2.24) is 5.32 Å². The molecule has 0 aromatic carbocycles. The van der Waals surface area contributed by atoms with Crippen LogP contribution in [-0.4, -0.2) is 18.4 Å². The van der Waals surface area contributed by atoms with Crippen LogP contribution >= 0.6 is 0 Å². The molecule has 1 aliphatic heterocycles. The molecule has 1 saturated heterocycles. The summed E-state index contributed by atoms with van der Waals surface area (Å²) in [5, 5.41) is 3.47. The molecule has 2 rings (SSSR count). The number of rotatable bonds is 0. The Balaban J connectivity index is 2.20. The molecule has 2 atom stereocenters. The number of Topliss-reactive ketones (excluding diaryl/α,β-unsaturated/α-hetero) is 1. The van der Waals surface area contributed by atoms with Crippen molar-refractivity contribution >= 4 is 5.78 Å². The fourth-order valence-electron chi connectivity index (χ4n) is 2.64. The average Bonchev–Trinajstić information content (AvgIpc) is 2.07. The molecule has 1 saturated carbocycles. The van der Waals surface area contributed by atoms with Gasteiger partial charge in [0, 0.05) is 17.9 Å². The van der Waals surface area contributed by atoms with Crippen molar-refractivity contribution < 1.29 is 4.79 Å². The van der Waals surface area contributed by atoms with Crippen LogP contribution in [0.5, 0.6) is 0 Å². The zero-order valence-electron chi connectivity index (χ0n) is 7.73. The summed E-state index contributed by atoms with van der Waals surface area (Å²) in [6, 6.07) is 0.479. The summed E-state index contributed by atoms with van der Waals surface area (Å²) < 4.78 is 0. The highest BCUT2D eigenvalue weighted by atomic mass is 16.1. The normalized spacial score (nSPS) is 42.4. The van der Waals surface area contributed by atoms with E-state index < -0.39 is 0 Å². The molecule has 0 bridgehead atoms. The summed E-state index contributed by atoms with van der Waals surface area (Å²) in [5.41, 5.74) is -0.0174. The van der Waals surface area contributed by atoms with Gasteiger partial charge in [-0.1, -0.05) is 6.92 Å². The summed E-state index contributed by atoms with van der Waals surface area (Å²) in [6.45, 7) is 3.25. The molecule has 2 heteroatoms. The molecular weight excluding hydrogens is 150 g/mol. The van der Waals surface area contributed by atoms with E-state index in [-0.39, 0.29) is 5.41 Å². The van der Waals surface area contributed by atoms with Crippen LogP contribution in [-0.2, 0) is 4.79 Å². The average molecular weight is 167 g/mol. The number of hydrogen-bond acceptors (Lipinski definition) is 2. The number of nitrogens with one attached hydrogen (secondary N) is 1. The molecule has 0 unspecified atom stereocenters. The first-order valence-electron chi connectivity index (χ1n) is 5.00. The quantitative estimate of drug-likeness (QED) is 0.592. The van der Waals surface area contributed by atoms with E-state index in [4.69, 9.17) is 0 Å². The third-order valence-electron chi connectivity index (χ3n) is 3.57. The van der Waals surface area contributed by atoms with E-state index >= 15 is 0 Å². The maximum atomic E-state index is 11.7. The Morgan fingerprint density at radius 1 is 1.50 bits per heavy atom. The summed E-state index contributed by atoms with van der Waals surface area (Å²) in [6.07, 6.45) is 5.37. The first-order valence-corrected chi connectivity index (χ1v) is 5.00. The summed E-state index contributed by atoms with van der Waals surface area (Å²) in [5.74, 6) is 0.492. The van der Waals surface area contributed by atoms with Gasteiger partial charge >= 0.3 is 0 Å². The van der Waals surface area contributed by atoms with Gasteiger partial charge in [-0.2, -0.15) is 0 Å². The smallest absolute Gasteiger partial charge is 0.140 e. The minimum absolute atomic E-state index is 0.0174. The topological polar surface area (TPSA) is 29.1 Å². The van der Waals surface area contributed by atoms with Gasteiger partial charge in [-0.25, -0.2) is 0 Å². The molecule has 1 heterocycles. The SMILES string of the molecule is C[C@]12CCCN[C@@H]1CCCC2=O. The number of piperidine rings is 1. The first-order chi connectivity index (χ1) is 5.73. The van der Waals surface area contributed by atoms with Crippen molar-refractivity contribution in [1.29, 1.82) is 0 Å². The van der Waals surface area contributed by atoms with Crippen molar-refractivity contribution in [2.24, 2.45) is 5.41 Å². The van der Waals surface area contributed by atoms with Crippen LogP contribution in [0.4, 0.5) is 0 Å². The molecule has 0 spiro atoms. The van der Waals surface area contributed by atoms with Gasteiger partial charge in [0.1, 0.15) is 5.78 Å². The van der Waals surface area contributed by atoms with Gasteiger partial charge in [-0.15, -0.1) is 0 Å². The molecule has 0 aromatic rings. The number of ketones is 1. The molecule has 1 aliphatic carbocycles. The number of hydrogen-bond donors (Lipinski definition) is 1. The lowest BCUT2D eigenvalue weighted by Crippen LogP contribution is -2.54. The van der Waals surface area contributed by atoms with Crippen LogP contribution in [0, 0.1) is 5.41 Å². The van der Waals surface area contributed by atoms with Crippen LogP contribution in [0.25, 0.3) is 0 Å². The first kappa shape index (κ1) is 8.24. The standard InChI is InChI=1S/C10H17NO/c1-10-6-3-7-11-8(10)4-2-5-9(10)12/h8,11H,2-7H2,1H3/t8-,10+/m1/s1. The fraction of sp³-hybridized carbons (Fsp3) is 0.900. The van der Waals surface area contributed by atoms with Gasteiger partial charge < -0.3 is 5.32 Å². The number of carbonyl (C=O) groups is 1. The lowest BCUT2D eigenvalue weighted by molar-refractivity contribution is -0.133. The summed E-state index contributed by atoms with van der Waals surface area (Å²) in [4.78, 5) is 11.7. The van der Waals surface area contributed by atoms with E-state index in [1.165, 1.54) is 12.8 Å². The van der Waals surface area contributed by atoms with Crippen LogP contribution in [0.15, 0.2) is 0 Å². The van der Waals surface area contributed by atoms with Gasteiger partial charge in [-0.3, -0.25) is 4.79 Å². The van der Waals surface area contributed by atoms with Gasteiger partial charge in [0.25, 0.3) is 0 Å². The molecule has 0 radical (unpaired) electrons. The highest BCUT2D eigenvalue weighted by molar-refractivity contribution is 5.86. The van der Waals surface area contributed by atoms with E-state index in [0.29, 0.717) is 11.8 Å². The largest absolute Gasteiger partial charge is 0.313 e. The maximum Gasteiger partial charge on any atom is 0.140 e. The minimum Gasteiger partial charge on any atom is -0.313 e. The van der Waals surface area contributed by atoms with Crippen molar-refractivity contribution in [2.45, 2.75) is 45.1 Å². The Kier molecular flexibility index (Phi) is 1.95. The molecule has 2 fully saturated rings. The molecular formula is C10H17NO. The van der Waals surface area contributed by atoms with Gasteiger partial charge in [0.2, 0.25) is 0 Å². The summed E-state index contributed by atoms with van der Waals surface area (Å²) in [7, 11) is 0. The molecule has 0 aromatic heterocycles. The predicted molar refractivity (Wildman–Crippen MR) is 48.0 cm³/mol. The lowest BCUT2D eigenvalue weighted by Gasteiger charge is -2.44. The number of fused-ring (bicyclic) bond motifs is 1. The Hall–Kier alpha value is -0.370. The van der Waals surface area contributed by atoms with Crippen LogP contribution in [0.1, 0.15) is 39.0 Å². The van der Waals surface area contributed by atoms with E-state index in [2.05, 4.69) is 12.2 Å². The second-order valence-corrected chi connectivity index (χ2v) is 4.34. The minimum atomic E-state index is -0.0174. The van der Waals surface area contributed by atoms with Crippen LogP contribution < -0.4 is 5.32 Å². The van der Waals surface area contributed by atoms with Crippen LogP contribution in [0.2, 0.25) is 0 Å². The van der Waals surface area contributed by atoms with Gasteiger partial charge in [0.05, 0.1) is 0 Å². The third kappa shape index (κ3) is 1.09. The van der Waals surface area contributed by atoms with Crippen molar-refractivity contribution in [3.63, 3.8) is 0 Å². The van der Waals surface area contributed by atoms with E-state index in [9.17, 15) is 4.79 Å². The highest BCUT2D eigenvalue weighted by Crippen LogP contribution is 2.39. The van der Waals surface area contributed by atoms with E-state index in [1.54, 1.807) is 0 Å². The molecule has 0 amide bonds. The van der Waals surface area contributed by atoms with Gasteiger partial charge in [-0.05, 0) is 32.2 Å². The van der Waals surface area contributed by atoms with Crippen molar-refractivity contribution in [2.75, 3.05) is 6.54 Å². The molecule has 2 aliphatic rings. The van der Waals surface area contributed by atoms with Crippen LogP contribution in [0.3, 0.4) is 0 Å². The lowest BCUT2D eigenvalue weighted by atomic mass is 9.66. The number of carbonyl (C=O) groups excluding carboxylic acids is 1. The predicted octanol–water partition coefficient (Wildman–Crippen LogP) is 1.50.